The second-order valence-corrected chi connectivity index (χ2v) is 4.39. The van der Waals surface area contributed by atoms with Crippen LogP contribution in [0.3, 0.4) is 0 Å². The molecule has 6 heteroatoms. The Labute approximate surface area is 103 Å². The number of benzene rings is 1. The molecular weight excluding hydrogens is 245 g/mol. The molecule has 1 amide bonds. The number of carbonyl (C=O) groups excluding carboxylic acids is 1. The van der Waals surface area contributed by atoms with Crippen LogP contribution < -0.4 is 16.4 Å². The van der Waals surface area contributed by atoms with E-state index in [2.05, 4.69) is 10.6 Å². The van der Waals surface area contributed by atoms with Crippen molar-refractivity contribution in [2.45, 2.75) is 18.9 Å². The summed E-state index contributed by atoms with van der Waals surface area (Å²) in [6, 6.07) is 2.20. The van der Waals surface area contributed by atoms with Gasteiger partial charge in [0, 0.05) is 12.6 Å². The summed E-state index contributed by atoms with van der Waals surface area (Å²) in [6.45, 7) is 0.691. The first kappa shape index (κ1) is 12.0. The number of rotatable bonds is 2. The van der Waals surface area contributed by atoms with Gasteiger partial charge in [-0.1, -0.05) is 11.6 Å². The van der Waals surface area contributed by atoms with Crippen molar-refractivity contribution >= 4 is 28.9 Å². The number of piperidine rings is 1. The normalized spacial score (nSPS) is 19.9. The molecule has 92 valence electrons. The Bertz CT molecular complexity index is 453. The lowest BCUT2D eigenvalue weighted by atomic mass is 10.1. The summed E-state index contributed by atoms with van der Waals surface area (Å²) in [5.74, 6) is -0.640. The van der Waals surface area contributed by atoms with Gasteiger partial charge < -0.3 is 16.4 Å². The predicted molar refractivity (Wildman–Crippen MR) is 65.5 cm³/mol. The number of carbonyl (C=O) groups is 1. The number of hydrogen-bond acceptors (Lipinski definition) is 3. The van der Waals surface area contributed by atoms with E-state index in [0.29, 0.717) is 12.2 Å². The molecule has 0 aliphatic carbocycles. The van der Waals surface area contributed by atoms with Crippen LogP contribution in [0.15, 0.2) is 12.1 Å². The summed E-state index contributed by atoms with van der Waals surface area (Å²) in [5.41, 5.74) is 6.39. The minimum absolute atomic E-state index is 0.0158. The van der Waals surface area contributed by atoms with Crippen LogP contribution >= 0.6 is 11.6 Å². The first-order chi connectivity index (χ1) is 8.08. The third kappa shape index (κ3) is 2.61. The lowest BCUT2D eigenvalue weighted by molar-refractivity contribution is -0.123. The molecule has 0 saturated carbocycles. The zero-order valence-electron chi connectivity index (χ0n) is 9.09. The molecule has 1 aliphatic rings. The molecule has 1 saturated heterocycles. The molecule has 1 fully saturated rings. The highest BCUT2D eigenvalue weighted by atomic mass is 35.5. The molecule has 0 aromatic heterocycles. The number of halogens is 2. The van der Waals surface area contributed by atoms with Gasteiger partial charge in [-0.3, -0.25) is 4.79 Å². The van der Waals surface area contributed by atoms with Crippen LogP contribution in [0.2, 0.25) is 5.02 Å². The number of hydrogen-bond donors (Lipinski definition) is 3. The van der Waals surface area contributed by atoms with Crippen molar-refractivity contribution in [1.29, 1.82) is 0 Å². The molecule has 1 aliphatic heterocycles. The third-order valence-corrected chi connectivity index (χ3v) is 3.00. The topological polar surface area (TPSA) is 67.2 Å². The van der Waals surface area contributed by atoms with Crippen molar-refractivity contribution in [3.05, 3.63) is 23.0 Å². The lowest BCUT2D eigenvalue weighted by Crippen LogP contribution is -2.44. The van der Waals surface area contributed by atoms with Gasteiger partial charge in [-0.2, -0.15) is 0 Å². The Balaban J connectivity index is 2.17. The number of amides is 1. The SMILES string of the molecule is Nc1cc(F)c(Cl)cc1NC1CCCNC1=O. The Morgan fingerprint density at radius 3 is 3.00 bits per heavy atom. The van der Waals surface area contributed by atoms with E-state index < -0.39 is 5.82 Å². The number of anilines is 2. The second-order valence-electron chi connectivity index (χ2n) is 3.98. The largest absolute Gasteiger partial charge is 0.397 e. The molecule has 4 nitrogen and oxygen atoms in total. The van der Waals surface area contributed by atoms with Crippen molar-refractivity contribution in [1.82, 2.24) is 5.32 Å². The first-order valence-electron chi connectivity index (χ1n) is 5.36. The molecule has 1 unspecified atom stereocenters. The Kier molecular flexibility index (Phi) is 3.38. The fourth-order valence-corrected chi connectivity index (χ4v) is 1.95. The van der Waals surface area contributed by atoms with Gasteiger partial charge in [0.05, 0.1) is 16.4 Å². The minimum Gasteiger partial charge on any atom is -0.397 e. The zero-order chi connectivity index (χ0) is 12.4. The third-order valence-electron chi connectivity index (χ3n) is 2.71. The molecule has 2 rings (SSSR count). The molecule has 1 heterocycles. The predicted octanol–water partition coefficient (Wildman–Crippen LogP) is 1.75. The summed E-state index contributed by atoms with van der Waals surface area (Å²) in [7, 11) is 0. The van der Waals surface area contributed by atoms with Crippen molar-refractivity contribution in [2.24, 2.45) is 0 Å². The first-order valence-corrected chi connectivity index (χ1v) is 5.74. The molecule has 17 heavy (non-hydrogen) atoms. The highest BCUT2D eigenvalue weighted by molar-refractivity contribution is 6.31. The van der Waals surface area contributed by atoms with Gasteiger partial charge in [-0.25, -0.2) is 4.39 Å². The van der Waals surface area contributed by atoms with Crippen LogP contribution in [-0.2, 0) is 4.79 Å². The molecule has 0 bridgehead atoms. The van der Waals surface area contributed by atoms with E-state index in [-0.39, 0.29) is 22.7 Å². The number of nitrogens with two attached hydrogens (primary N) is 1. The van der Waals surface area contributed by atoms with Gasteiger partial charge in [0.1, 0.15) is 11.9 Å². The van der Waals surface area contributed by atoms with E-state index >= 15 is 0 Å². The highest BCUT2D eigenvalue weighted by Crippen LogP contribution is 2.27. The van der Waals surface area contributed by atoms with Crippen molar-refractivity contribution < 1.29 is 9.18 Å². The number of nitrogens with one attached hydrogen (secondary N) is 2. The van der Waals surface area contributed by atoms with Crippen LogP contribution in [0.1, 0.15) is 12.8 Å². The number of nitrogen functional groups attached to an aromatic ring is 1. The fraction of sp³-hybridized carbons (Fsp3) is 0.364. The summed E-state index contributed by atoms with van der Waals surface area (Å²) in [5, 5.41) is 5.71. The average Bonchev–Trinajstić information content (AvgIpc) is 2.29. The Hall–Kier alpha value is -1.49. The van der Waals surface area contributed by atoms with Crippen LogP contribution in [0.5, 0.6) is 0 Å². The summed E-state index contributed by atoms with van der Waals surface area (Å²) < 4.78 is 13.1. The van der Waals surface area contributed by atoms with Crippen LogP contribution in [0, 0.1) is 5.82 Å². The van der Waals surface area contributed by atoms with E-state index in [1.165, 1.54) is 6.07 Å². The van der Waals surface area contributed by atoms with Gasteiger partial charge >= 0.3 is 0 Å². The van der Waals surface area contributed by atoms with Gasteiger partial charge in [-0.15, -0.1) is 0 Å². The molecule has 0 spiro atoms. The molecule has 0 radical (unpaired) electrons. The van der Waals surface area contributed by atoms with E-state index in [0.717, 1.165) is 18.9 Å². The van der Waals surface area contributed by atoms with Crippen molar-refractivity contribution in [3.63, 3.8) is 0 Å². The minimum atomic E-state index is -0.567. The van der Waals surface area contributed by atoms with E-state index in [1.54, 1.807) is 0 Å². The van der Waals surface area contributed by atoms with Gasteiger partial charge in [0.25, 0.3) is 0 Å². The van der Waals surface area contributed by atoms with Gasteiger partial charge in [0.15, 0.2) is 0 Å². The van der Waals surface area contributed by atoms with E-state index in [1.807, 2.05) is 0 Å². The maximum absolute atomic E-state index is 13.1. The molecule has 1 aromatic carbocycles. The van der Waals surface area contributed by atoms with Gasteiger partial charge in [-0.05, 0) is 18.9 Å². The lowest BCUT2D eigenvalue weighted by Gasteiger charge is -2.24. The molecular formula is C11H13ClFN3O. The van der Waals surface area contributed by atoms with Crippen LogP contribution in [0.25, 0.3) is 0 Å². The summed E-state index contributed by atoms with van der Waals surface area (Å²) in [4.78, 5) is 11.5. The summed E-state index contributed by atoms with van der Waals surface area (Å²) >= 11 is 5.67. The average molecular weight is 258 g/mol. The van der Waals surface area contributed by atoms with E-state index in [4.69, 9.17) is 17.3 Å². The maximum atomic E-state index is 13.1. The van der Waals surface area contributed by atoms with Gasteiger partial charge in [0.2, 0.25) is 5.91 Å². The van der Waals surface area contributed by atoms with Crippen LogP contribution in [-0.4, -0.2) is 18.5 Å². The monoisotopic (exact) mass is 257 g/mol. The van der Waals surface area contributed by atoms with Crippen molar-refractivity contribution in [2.75, 3.05) is 17.6 Å². The second kappa shape index (κ2) is 4.79. The summed E-state index contributed by atoms with van der Waals surface area (Å²) in [6.07, 6.45) is 1.62. The molecule has 1 aromatic rings. The zero-order valence-corrected chi connectivity index (χ0v) is 9.85. The fourth-order valence-electron chi connectivity index (χ4n) is 1.78. The molecule has 4 N–H and O–H groups in total. The highest BCUT2D eigenvalue weighted by Gasteiger charge is 2.22. The van der Waals surface area contributed by atoms with E-state index in [9.17, 15) is 9.18 Å². The smallest absolute Gasteiger partial charge is 0.242 e. The Morgan fingerprint density at radius 1 is 1.53 bits per heavy atom. The molecule has 1 atom stereocenters. The standard InChI is InChI=1S/C11H13ClFN3O/c12-6-4-10(8(14)5-7(6)13)16-9-2-1-3-15-11(9)17/h4-5,9,16H,1-3,14H2,(H,15,17). The maximum Gasteiger partial charge on any atom is 0.242 e. The Morgan fingerprint density at radius 2 is 2.29 bits per heavy atom. The quantitative estimate of drug-likeness (QED) is 0.707. The van der Waals surface area contributed by atoms with Crippen molar-refractivity contribution in [3.8, 4) is 0 Å². The van der Waals surface area contributed by atoms with Crippen LogP contribution in [0.4, 0.5) is 15.8 Å².